The van der Waals surface area contributed by atoms with Crippen LogP contribution in [0.5, 0.6) is 0 Å². The third-order valence-corrected chi connectivity index (χ3v) is 12.0. The second kappa shape index (κ2) is 13.4. The number of nitrogens with zero attached hydrogens (tertiary/aromatic N) is 2. The van der Waals surface area contributed by atoms with Crippen molar-refractivity contribution in [2.24, 2.45) is 0 Å². The van der Waals surface area contributed by atoms with Crippen LogP contribution in [0.15, 0.2) is 223 Å². The lowest BCUT2D eigenvalue weighted by Gasteiger charge is -2.27. The fraction of sp³-hybridized carbons (Fsp3) is 0. The smallest absolute Gasteiger partial charge is 0.143 e. The number of hydrogen-bond donors (Lipinski definition) is 0. The first kappa shape index (κ1) is 33.3. The summed E-state index contributed by atoms with van der Waals surface area (Å²) >= 11 is 0. The molecule has 0 spiro atoms. The van der Waals surface area contributed by atoms with Crippen molar-refractivity contribution < 1.29 is 4.42 Å². The zero-order valence-corrected chi connectivity index (χ0v) is 32.1. The minimum absolute atomic E-state index is 0.903. The van der Waals surface area contributed by atoms with E-state index >= 15 is 0 Å². The van der Waals surface area contributed by atoms with E-state index in [1.165, 1.54) is 49.1 Å². The normalized spacial score (nSPS) is 11.7. The van der Waals surface area contributed by atoms with Crippen molar-refractivity contribution in [3.05, 3.63) is 218 Å². The Bertz CT molecular complexity index is 3500. The summed E-state index contributed by atoms with van der Waals surface area (Å²) in [6.45, 7) is 0. The first-order chi connectivity index (χ1) is 29.2. The minimum atomic E-state index is 0.903. The molecule has 0 N–H and O–H groups in total. The Morgan fingerprint density at radius 3 is 1.58 bits per heavy atom. The fourth-order valence-electron chi connectivity index (χ4n) is 9.15. The molecule has 0 aliphatic rings. The SMILES string of the molecule is c1cc(-c2ccc(N(c3ccc(-c4ccc5oc6c7ccccc7ccc6c5c4)cc3)c3cccc4ccccc34)cc2)cc(-n2c3ccccc3c3ccccc32)c1. The number of hydrogen-bond acceptors (Lipinski definition) is 2. The van der Waals surface area contributed by atoms with E-state index in [1.807, 2.05) is 0 Å². The van der Waals surface area contributed by atoms with Crippen LogP contribution in [0, 0.1) is 0 Å². The highest BCUT2D eigenvalue weighted by Crippen LogP contribution is 2.42. The molecule has 0 amide bonds. The van der Waals surface area contributed by atoms with Crippen molar-refractivity contribution in [1.82, 2.24) is 4.57 Å². The molecule has 0 saturated carbocycles. The average molecular weight is 753 g/mol. The molecule has 0 aliphatic carbocycles. The summed E-state index contributed by atoms with van der Waals surface area (Å²) in [5.41, 5.74) is 13.4. The molecule has 3 nitrogen and oxygen atoms in total. The van der Waals surface area contributed by atoms with Crippen LogP contribution in [-0.2, 0) is 0 Å². The van der Waals surface area contributed by atoms with Gasteiger partial charge < -0.3 is 13.9 Å². The van der Waals surface area contributed by atoms with Crippen LogP contribution >= 0.6 is 0 Å². The van der Waals surface area contributed by atoms with Crippen LogP contribution in [0.1, 0.15) is 0 Å². The maximum atomic E-state index is 6.42. The van der Waals surface area contributed by atoms with E-state index in [9.17, 15) is 0 Å². The predicted molar refractivity (Wildman–Crippen MR) is 249 cm³/mol. The molecule has 12 rings (SSSR count). The molecule has 0 fully saturated rings. The zero-order chi connectivity index (χ0) is 38.9. The zero-order valence-electron chi connectivity index (χ0n) is 32.1. The summed E-state index contributed by atoms with van der Waals surface area (Å²) in [7, 11) is 0. The van der Waals surface area contributed by atoms with Crippen molar-refractivity contribution in [1.29, 1.82) is 0 Å². The molecule has 0 saturated heterocycles. The van der Waals surface area contributed by atoms with Gasteiger partial charge in [0.2, 0.25) is 0 Å². The van der Waals surface area contributed by atoms with Gasteiger partial charge in [-0.25, -0.2) is 0 Å². The molecule has 10 aromatic carbocycles. The van der Waals surface area contributed by atoms with Crippen molar-refractivity contribution in [2.45, 2.75) is 0 Å². The molecule has 0 radical (unpaired) electrons. The summed E-state index contributed by atoms with van der Waals surface area (Å²) in [4.78, 5) is 2.38. The summed E-state index contributed by atoms with van der Waals surface area (Å²) in [6, 6.07) is 78.7. The van der Waals surface area contributed by atoms with E-state index < -0.39 is 0 Å². The lowest BCUT2D eigenvalue weighted by atomic mass is 10.0. The lowest BCUT2D eigenvalue weighted by Crippen LogP contribution is -2.10. The van der Waals surface area contributed by atoms with Crippen LogP contribution in [0.25, 0.3) is 93.2 Å². The largest absolute Gasteiger partial charge is 0.455 e. The van der Waals surface area contributed by atoms with Crippen molar-refractivity contribution in [3.63, 3.8) is 0 Å². The highest BCUT2D eigenvalue weighted by Gasteiger charge is 2.18. The second-order valence-corrected chi connectivity index (χ2v) is 15.3. The number of benzene rings is 10. The number of fused-ring (bicyclic) bond motifs is 9. The molecule has 2 heterocycles. The second-order valence-electron chi connectivity index (χ2n) is 15.3. The number of aromatic nitrogens is 1. The van der Waals surface area contributed by atoms with Crippen molar-refractivity contribution in [2.75, 3.05) is 4.90 Å². The monoisotopic (exact) mass is 752 g/mol. The molecule has 59 heavy (non-hydrogen) atoms. The van der Waals surface area contributed by atoms with E-state index in [-0.39, 0.29) is 0 Å². The van der Waals surface area contributed by atoms with E-state index in [1.54, 1.807) is 0 Å². The molecule has 2 aromatic heterocycles. The molecule has 3 heteroatoms. The molecule has 0 unspecified atom stereocenters. The van der Waals surface area contributed by atoms with Gasteiger partial charge in [-0.15, -0.1) is 0 Å². The van der Waals surface area contributed by atoms with Gasteiger partial charge in [0, 0.05) is 49.4 Å². The van der Waals surface area contributed by atoms with Gasteiger partial charge in [0.1, 0.15) is 11.2 Å². The molecular formula is C56H36N2O. The van der Waals surface area contributed by atoms with E-state index in [0.29, 0.717) is 0 Å². The summed E-state index contributed by atoms with van der Waals surface area (Å²) in [5.74, 6) is 0. The number of para-hydroxylation sites is 2. The topological polar surface area (TPSA) is 21.3 Å². The van der Waals surface area contributed by atoms with Gasteiger partial charge >= 0.3 is 0 Å². The van der Waals surface area contributed by atoms with Gasteiger partial charge in [-0.05, 0) is 106 Å². The average Bonchev–Trinajstić information content (AvgIpc) is 3.86. The molecule has 0 bridgehead atoms. The molecule has 0 aliphatic heterocycles. The Hall–Kier alpha value is -7.88. The summed E-state index contributed by atoms with van der Waals surface area (Å²) < 4.78 is 8.80. The Balaban J connectivity index is 0.928. The summed E-state index contributed by atoms with van der Waals surface area (Å²) in [6.07, 6.45) is 0. The van der Waals surface area contributed by atoms with Crippen LogP contribution in [0.4, 0.5) is 17.1 Å². The Labute approximate surface area is 341 Å². The predicted octanol–water partition coefficient (Wildman–Crippen LogP) is 15.8. The van der Waals surface area contributed by atoms with Crippen LogP contribution in [0.3, 0.4) is 0 Å². The quantitative estimate of drug-likeness (QED) is 0.169. The van der Waals surface area contributed by atoms with Crippen molar-refractivity contribution >= 4 is 82.4 Å². The molecular weight excluding hydrogens is 717 g/mol. The summed E-state index contributed by atoms with van der Waals surface area (Å²) in [5, 5.41) is 9.53. The van der Waals surface area contributed by atoms with E-state index in [4.69, 9.17) is 4.42 Å². The van der Waals surface area contributed by atoms with Crippen LogP contribution in [0.2, 0.25) is 0 Å². The first-order valence-corrected chi connectivity index (χ1v) is 20.2. The molecule has 0 atom stereocenters. The Morgan fingerprint density at radius 2 is 0.881 bits per heavy atom. The lowest BCUT2D eigenvalue weighted by molar-refractivity contribution is 0.672. The third kappa shape index (κ3) is 5.44. The number of furan rings is 1. The first-order valence-electron chi connectivity index (χ1n) is 20.2. The van der Waals surface area contributed by atoms with Gasteiger partial charge in [0.05, 0.1) is 16.7 Å². The van der Waals surface area contributed by atoms with Crippen LogP contribution in [-0.4, -0.2) is 4.57 Å². The highest BCUT2D eigenvalue weighted by molar-refractivity contribution is 6.15. The third-order valence-electron chi connectivity index (χ3n) is 12.0. The standard InChI is InChI=1S/C56H36N2O/c1-3-16-46-39(11-1)13-10-22-52(46)57(44-31-25-38(26-32-44)42-28-34-55-51(36-42)50-33-27-40-12-2-4-17-47(40)56(50)59-55)43-29-23-37(24-30-43)41-14-9-15-45(35-41)58-53-20-7-5-18-48(53)49-19-6-8-21-54(49)58/h1-36H. The van der Waals surface area contributed by atoms with Gasteiger partial charge in [0.25, 0.3) is 0 Å². The maximum Gasteiger partial charge on any atom is 0.143 e. The van der Waals surface area contributed by atoms with Crippen LogP contribution < -0.4 is 4.90 Å². The number of rotatable bonds is 6. The fourth-order valence-corrected chi connectivity index (χ4v) is 9.15. The maximum absolute atomic E-state index is 6.42. The van der Waals surface area contributed by atoms with Crippen molar-refractivity contribution in [3.8, 4) is 27.9 Å². The Kier molecular flexibility index (Phi) is 7.54. The van der Waals surface area contributed by atoms with E-state index in [2.05, 4.69) is 228 Å². The van der Waals surface area contributed by atoms with E-state index in [0.717, 1.165) is 61.2 Å². The van der Waals surface area contributed by atoms with Gasteiger partial charge in [-0.3, -0.25) is 0 Å². The van der Waals surface area contributed by atoms with Gasteiger partial charge in [-0.2, -0.15) is 0 Å². The Morgan fingerprint density at radius 1 is 0.339 bits per heavy atom. The van der Waals surface area contributed by atoms with Gasteiger partial charge in [-0.1, -0.05) is 146 Å². The number of anilines is 3. The highest BCUT2D eigenvalue weighted by atomic mass is 16.3. The van der Waals surface area contributed by atoms with Gasteiger partial charge in [0.15, 0.2) is 0 Å². The molecule has 12 aromatic rings. The minimum Gasteiger partial charge on any atom is -0.455 e. The molecule has 276 valence electrons.